The third kappa shape index (κ3) is 2.99. The normalized spacial score (nSPS) is 21.6. The summed E-state index contributed by atoms with van der Waals surface area (Å²) in [6.07, 6.45) is 0.605. The van der Waals surface area contributed by atoms with E-state index in [-0.39, 0.29) is 17.9 Å². The van der Waals surface area contributed by atoms with Gasteiger partial charge in [0.25, 0.3) is 0 Å². The number of anilines is 1. The largest absolute Gasteiger partial charge is 0.465 e. The number of benzene rings is 1. The molecule has 5 nitrogen and oxygen atoms in total. The van der Waals surface area contributed by atoms with Crippen molar-refractivity contribution in [3.05, 3.63) is 29.3 Å². The van der Waals surface area contributed by atoms with Crippen molar-refractivity contribution in [2.75, 3.05) is 19.0 Å². The molecular formula is C15H19NO4. The maximum atomic E-state index is 12.2. The van der Waals surface area contributed by atoms with Crippen molar-refractivity contribution in [2.24, 2.45) is 5.92 Å². The Kier molecular flexibility index (Phi) is 4.39. The van der Waals surface area contributed by atoms with Gasteiger partial charge in [0.2, 0.25) is 5.91 Å². The van der Waals surface area contributed by atoms with Crippen LogP contribution >= 0.6 is 0 Å². The van der Waals surface area contributed by atoms with Crippen LogP contribution in [0.4, 0.5) is 5.69 Å². The molecule has 0 spiro atoms. The quantitative estimate of drug-likeness (QED) is 0.860. The first-order chi connectivity index (χ1) is 9.52. The highest BCUT2D eigenvalue weighted by molar-refractivity contribution is 6.02. The summed E-state index contributed by atoms with van der Waals surface area (Å²) in [5.74, 6) is -0.759. The fraction of sp³-hybridized carbons (Fsp3) is 0.467. The molecule has 0 radical (unpaired) electrons. The van der Waals surface area contributed by atoms with Gasteiger partial charge in [-0.05, 0) is 32.4 Å². The molecule has 20 heavy (non-hydrogen) atoms. The number of carbonyl (C=O) groups is 2. The Morgan fingerprint density at radius 3 is 2.75 bits per heavy atom. The van der Waals surface area contributed by atoms with Crippen LogP contribution in [0, 0.1) is 12.8 Å². The molecule has 1 N–H and O–H groups in total. The number of rotatable bonds is 3. The molecule has 0 saturated carbocycles. The van der Waals surface area contributed by atoms with Gasteiger partial charge in [-0.15, -0.1) is 0 Å². The first kappa shape index (κ1) is 14.5. The smallest absolute Gasteiger partial charge is 0.339 e. The standard InChI is InChI=1S/C15H19NO4/c1-9-4-5-13(12(8-9)15(18)19-3)16-14(17)11-6-7-20-10(11)2/h4-5,8,10-11H,6-7H2,1-3H3,(H,16,17). The number of methoxy groups -OCH3 is 1. The Bertz CT molecular complexity index is 527. The monoisotopic (exact) mass is 277 g/mol. The minimum Gasteiger partial charge on any atom is -0.465 e. The molecule has 1 aromatic rings. The molecule has 108 valence electrons. The first-order valence-corrected chi connectivity index (χ1v) is 6.64. The fourth-order valence-electron chi connectivity index (χ4n) is 2.35. The van der Waals surface area contributed by atoms with Crippen molar-refractivity contribution in [1.82, 2.24) is 0 Å². The topological polar surface area (TPSA) is 64.6 Å². The van der Waals surface area contributed by atoms with Crippen LogP contribution in [0.1, 0.15) is 29.3 Å². The molecule has 1 aliphatic rings. The molecule has 1 saturated heterocycles. The number of carbonyl (C=O) groups excluding carboxylic acids is 2. The van der Waals surface area contributed by atoms with Crippen molar-refractivity contribution in [3.63, 3.8) is 0 Å². The summed E-state index contributed by atoms with van der Waals surface area (Å²) < 4.78 is 10.1. The zero-order chi connectivity index (χ0) is 14.7. The van der Waals surface area contributed by atoms with E-state index in [4.69, 9.17) is 9.47 Å². The Morgan fingerprint density at radius 2 is 2.15 bits per heavy atom. The predicted molar refractivity (Wildman–Crippen MR) is 74.7 cm³/mol. The lowest BCUT2D eigenvalue weighted by Gasteiger charge is -2.16. The highest BCUT2D eigenvalue weighted by Crippen LogP contribution is 2.24. The van der Waals surface area contributed by atoms with E-state index in [0.29, 0.717) is 24.3 Å². The maximum Gasteiger partial charge on any atom is 0.339 e. The average Bonchev–Trinajstić information content (AvgIpc) is 2.86. The SMILES string of the molecule is COC(=O)c1cc(C)ccc1NC(=O)C1CCOC1C. The van der Waals surface area contributed by atoms with E-state index in [0.717, 1.165) is 5.56 Å². The van der Waals surface area contributed by atoms with Gasteiger partial charge in [-0.3, -0.25) is 4.79 Å². The Hall–Kier alpha value is -1.88. The van der Waals surface area contributed by atoms with Gasteiger partial charge in [0.15, 0.2) is 0 Å². The number of hydrogen-bond donors (Lipinski definition) is 1. The highest BCUT2D eigenvalue weighted by atomic mass is 16.5. The van der Waals surface area contributed by atoms with E-state index in [9.17, 15) is 9.59 Å². The van der Waals surface area contributed by atoms with E-state index >= 15 is 0 Å². The van der Waals surface area contributed by atoms with Crippen molar-refractivity contribution >= 4 is 17.6 Å². The molecule has 1 aliphatic heterocycles. The van der Waals surface area contributed by atoms with Gasteiger partial charge in [0.05, 0.1) is 30.4 Å². The number of esters is 1. The summed E-state index contributed by atoms with van der Waals surface area (Å²) in [7, 11) is 1.32. The maximum absolute atomic E-state index is 12.2. The van der Waals surface area contributed by atoms with Crippen LogP contribution in [0.15, 0.2) is 18.2 Å². The van der Waals surface area contributed by atoms with E-state index in [2.05, 4.69) is 5.32 Å². The van der Waals surface area contributed by atoms with Crippen LogP contribution in [0.3, 0.4) is 0 Å². The molecule has 2 atom stereocenters. The van der Waals surface area contributed by atoms with E-state index in [1.54, 1.807) is 12.1 Å². The summed E-state index contributed by atoms with van der Waals surface area (Å²) in [6, 6.07) is 5.27. The van der Waals surface area contributed by atoms with Crippen LogP contribution in [0.5, 0.6) is 0 Å². The van der Waals surface area contributed by atoms with Gasteiger partial charge in [-0.2, -0.15) is 0 Å². The van der Waals surface area contributed by atoms with E-state index < -0.39 is 5.97 Å². The number of aryl methyl sites for hydroxylation is 1. The van der Waals surface area contributed by atoms with Crippen LogP contribution in [-0.4, -0.2) is 31.7 Å². The predicted octanol–water partition coefficient (Wildman–Crippen LogP) is 2.15. The molecule has 1 fully saturated rings. The van der Waals surface area contributed by atoms with E-state index in [1.165, 1.54) is 7.11 Å². The lowest BCUT2D eigenvalue weighted by atomic mass is 10.0. The third-order valence-electron chi connectivity index (χ3n) is 3.55. The number of nitrogens with one attached hydrogen (secondary N) is 1. The van der Waals surface area contributed by atoms with Gasteiger partial charge in [0.1, 0.15) is 0 Å². The summed E-state index contributed by atoms with van der Waals surface area (Å²) in [6.45, 7) is 4.36. The van der Waals surface area contributed by atoms with Crippen molar-refractivity contribution in [2.45, 2.75) is 26.4 Å². The van der Waals surface area contributed by atoms with Gasteiger partial charge < -0.3 is 14.8 Å². The lowest BCUT2D eigenvalue weighted by Crippen LogP contribution is -2.28. The highest BCUT2D eigenvalue weighted by Gasteiger charge is 2.31. The second kappa shape index (κ2) is 6.05. The molecule has 0 aromatic heterocycles. The first-order valence-electron chi connectivity index (χ1n) is 6.64. The molecule has 1 aromatic carbocycles. The fourth-order valence-corrected chi connectivity index (χ4v) is 2.35. The molecule has 1 amide bonds. The molecule has 2 rings (SSSR count). The minimum absolute atomic E-state index is 0.0953. The summed E-state index contributed by atoms with van der Waals surface area (Å²) >= 11 is 0. The Balaban J connectivity index is 2.20. The molecule has 5 heteroatoms. The molecular weight excluding hydrogens is 258 g/mol. The van der Waals surface area contributed by atoms with E-state index in [1.807, 2.05) is 19.9 Å². The second-order valence-electron chi connectivity index (χ2n) is 5.00. The molecule has 2 unspecified atom stereocenters. The molecule has 1 heterocycles. The van der Waals surface area contributed by atoms with Gasteiger partial charge >= 0.3 is 5.97 Å². The summed E-state index contributed by atoms with van der Waals surface area (Å²) in [4.78, 5) is 24.0. The van der Waals surface area contributed by atoms with Crippen LogP contribution in [0.25, 0.3) is 0 Å². The van der Waals surface area contributed by atoms with Gasteiger partial charge in [0, 0.05) is 6.61 Å². The summed E-state index contributed by atoms with van der Waals surface area (Å²) in [5.41, 5.74) is 1.78. The second-order valence-corrected chi connectivity index (χ2v) is 5.00. The number of amides is 1. The number of hydrogen-bond acceptors (Lipinski definition) is 4. The zero-order valence-corrected chi connectivity index (χ0v) is 11.9. The molecule has 0 aliphatic carbocycles. The van der Waals surface area contributed by atoms with Gasteiger partial charge in [-0.1, -0.05) is 11.6 Å². The third-order valence-corrected chi connectivity index (χ3v) is 3.55. The Labute approximate surface area is 118 Å². The summed E-state index contributed by atoms with van der Waals surface area (Å²) in [5, 5.41) is 2.81. The minimum atomic E-state index is -0.459. The number of ether oxygens (including phenoxy) is 2. The Morgan fingerprint density at radius 1 is 1.40 bits per heavy atom. The van der Waals surface area contributed by atoms with Crippen molar-refractivity contribution < 1.29 is 19.1 Å². The molecule has 0 bridgehead atoms. The van der Waals surface area contributed by atoms with Crippen molar-refractivity contribution in [1.29, 1.82) is 0 Å². The zero-order valence-electron chi connectivity index (χ0n) is 11.9. The van der Waals surface area contributed by atoms with Gasteiger partial charge in [-0.25, -0.2) is 4.79 Å². The van der Waals surface area contributed by atoms with Crippen LogP contribution in [0.2, 0.25) is 0 Å². The van der Waals surface area contributed by atoms with Crippen LogP contribution < -0.4 is 5.32 Å². The van der Waals surface area contributed by atoms with Crippen molar-refractivity contribution in [3.8, 4) is 0 Å². The van der Waals surface area contributed by atoms with Crippen LogP contribution in [-0.2, 0) is 14.3 Å². The lowest BCUT2D eigenvalue weighted by molar-refractivity contribution is -0.121. The average molecular weight is 277 g/mol.